The average molecular weight is 412 g/mol. The summed E-state index contributed by atoms with van der Waals surface area (Å²) in [6.45, 7) is 8.20. The third kappa shape index (κ3) is 4.69. The first kappa shape index (κ1) is 21.5. The number of piperidine rings is 1. The van der Waals surface area contributed by atoms with E-state index < -0.39 is 11.8 Å². The fourth-order valence-corrected chi connectivity index (χ4v) is 3.77. The topological polar surface area (TPSA) is 96.3 Å². The van der Waals surface area contributed by atoms with Crippen LogP contribution in [0, 0.1) is 13.8 Å². The van der Waals surface area contributed by atoms with E-state index in [9.17, 15) is 14.4 Å². The molecule has 0 aliphatic carbocycles. The Balaban J connectivity index is 1.65. The molecule has 3 amide bonds. The molecule has 0 radical (unpaired) electrons. The Morgan fingerprint density at radius 3 is 2.40 bits per heavy atom. The zero-order valence-electron chi connectivity index (χ0n) is 17.8. The van der Waals surface area contributed by atoms with Gasteiger partial charge in [0, 0.05) is 37.4 Å². The average Bonchev–Trinajstić information content (AvgIpc) is 3.05. The van der Waals surface area contributed by atoms with Crippen molar-refractivity contribution in [1.29, 1.82) is 0 Å². The molecule has 160 valence electrons. The van der Waals surface area contributed by atoms with Crippen LogP contribution in [-0.2, 0) is 22.7 Å². The Bertz CT molecular complexity index is 944. The van der Waals surface area contributed by atoms with Crippen molar-refractivity contribution in [1.82, 2.24) is 20.0 Å². The van der Waals surface area contributed by atoms with E-state index in [2.05, 4.69) is 15.7 Å². The van der Waals surface area contributed by atoms with E-state index in [1.54, 1.807) is 29.2 Å². The lowest BCUT2D eigenvalue weighted by molar-refractivity contribution is -0.136. The van der Waals surface area contributed by atoms with E-state index in [4.69, 9.17) is 0 Å². The first-order valence-corrected chi connectivity index (χ1v) is 10.4. The van der Waals surface area contributed by atoms with Crippen LogP contribution < -0.4 is 10.6 Å². The van der Waals surface area contributed by atoms with Crippen molar-refractivity contribution in [2.75, 3.05) is 18.4 Å². The van der Waals surface area contributed by atoms with Gasteiger partial charge in [0.2, 0.25) is 0 Å². The summed E-state index contributed by atoms with van der Waals surface area (Å²) in [5, 5.41) is 9.66. The van der Waals surface area contributed by atoms with Crippen LogP contribution in [0.3, 0.4) is 0 Å². The molecule has 30 heavy (non-hydrogen) atoms. The summed E-state index contributed by atoms with van der Waals surface area (Å²) in [5.41, 5.74) is 3.44. The highest BCUT2D eigenvalue weighted by Crippen LogP contribution is 2.20. The van der Waals surface area contributed by atoms with Crippen molar-refractivity contribution in [3.63, 3.8) is 0 Å². The molecule has 0 spiro atoms. The third-order valence-electron chi connectivity index (χ3n) is 5.51. The van der Waals surface area contributed by atoms with Crippen LogP contribution in [-0.4, -0.2) is 45.5 Å². The van der Waals surface area contributed by atoms with Crippen LogP contribution >= 0.6 is 0 Å². The second-order valence-corrected chi connectivity index (χ2v) is 7.50. The van der Waals surface area contributed by atoms with Crippen molar-refractivity contribution < 1.29 is 14.4 Å². The number of rotatable bonds is 5. The standard InChI is InChI=1S/C22H29N5O3/c1-4-27-16(3)18(15(2)25-27)14-23-20(28)21(29)24-19-11-7-6-10-17(19)22(30)26-12-8-5-9-13-26/h6-7,10-11H,4-5,8-9,12-14H2,1-3H3,(H,23,28)(H,24,29). The van der Waals surface area contributed by atoms with Gasteiger partial charge in [-0.1, -0.05) is 12.1 Å². The molecule has 1 aromatic heterocycles. The predicted octanol–water partition coefficient (Wildman–Crippen LogP) is 2.40. The van der Waals surface area contributed by atoms with Crippen molar-refractivity contribution in [2.45, 2.75) is 53.1 Å². The normalized spacial score (nSPS) is 13.8. The number of nitrogens with zero attached hydrogens (tertiary/aromatic N) is 3. The molecule has 1 aliphatic rings. The van der Waals surface area contributed by atoms with Gasteiger partial charge >= 0.3 is 11.8 Å². The lowest BCUT2D eigenvalue weighted by Crippen LogP contribution is -2.37. The zero-order valence-corrected chi connectivity index (χ0v) is 17.8. The van der Waals surface area contributed by atoms with E-state index in [1.165, 1.54) is 0 Å². The van der Waals surface area contributed by atoms with Crippen LogP contribution in [0.5, 0.6) is 0 Å². The molecular weight excluding hydrogens is 382 g/mol. The van der Waals surface area contributed by atoms with E-state index in [1.807, 2.05) is 25.5 Å². The van der Waals surface area contributed by atoms with Crippen LogP contribution in [0.25, 0.3) is 0 Å². The molecule has 0 bridgehead atoms. The summed E-state index contributed by atoms with van der Waals surface area (Å²) >= 11 is 0. The minimum Gasteiger partial charge on any atom is -0.344 e. The molecule has 0 unspecified atom stereocenters. The van der Waals surface area contributed by atoms with Gasteiger partial charge in [0.1, 0.15) is 0 Å². The van der Waals surface area contributed by atoms with Gasteiger partial charge in [-0.2, -0.15) is 5.10 Å². The zero-order chi connectivity index (χ0) is 21.7. The number of carbonyl (C=O) groups is 3. The van der Waals surface area contributed by atoms with Gasteiger partial charge in [0.05, 0.1) is 16.9 Å². The van der Waals surface area contributed by atoms with Gasteiger partial charge in [-0.15, -0.1) is 0 Å². The highest BCUT2D eigenvalue weighted by Gasteiger charge is 2.23. The van der Waals surface area contributed by atoms with Gasteiger partial charge in [0.15, 0.2) is 0 Å². The molecular formula is C22H29N5O3. The number of para-hydroxylation sites is 1. The summed E-state index contributed by atoms with van der Waals surface area (Å²) in [7, 11) is 0. The van der Waals surface area contributed by atoms with Crippen molar-refractivity contribution in [3.8, 4) is 0 Å². The maximum atomic E-state index is 12.9. The molecule has 2 N–H and O–H groups in total. The first-order valence-electron chi connectivity index (χ1n) is 10.4. The minimum absolute atomic E-state index is 0.121. The van der Waals surface area contributed by atoms with Crippen molar-refractivity contribution in [3.05, 3.63) is 46.8 Å². The van der Waals surface area contributed by atoms with Gasteiger partial charge in [0.25, 0.3) is 5.91 Å². The quantitative estimate of drug-likeness (QED) is 0.739. The highest BCUT2D eigenvalue weighted by molar-refractivity contribution is 6.40. The number of nitrogens with one attached hydrogen (secondary N) is 2. The Labute approximate surface area is 176 Å². The Morgan fingerprint density at radius 2 is 1.73 bits per heavy atom. The Morgan fingerprint density at radius 1 is 1.03 bits per heavy atom. The van der Waals surface area contributed by atoms with Crippen LogP contribution in [0.4, 0.5) is 5.69 Å². The molecule has 0 saturated carbocycles. The third-order valence-corrected chi connectivity index (χ3v) is 5.51. The van der Waals surface area contributed by atoms with Gasteiger partial charge in [-0.3, -0.25) is 19.1 Å². The van der Waals surface area contributed by atoms with E-state index >= 15 is 0 Å². The minimum atomic E-state index is -0.799. The molecule has 1 aromatic carbocycles. The lowest BCUT2D eigenvalue weighted by Gasteiger charge is -2.27. The Hall–Kier alpha value is -3.16. The second-order valence-electron chi connectivity index (χ2n) is 7.50. The number of carbonyl (C=O) groups excluding carboxylic acids is 3. The lowest BCUT2D eigenvalue weighted by atomic mass is 10.1. The Kier molecular flexibility index (Phi) is 6.87. The van der Waals surface area contributed by atoms with Crippen LogP contribution in [0.1, 0.15) is 53.5 Å². The van der Waals surface area contributed by atoms with E-state index in [-0.39, 0.29) is 12.5 Å². The number of hydrogen-bond acceptors (Lipinski definition) is 4. The van der Waals surface area contributed by atoms with E-state index in [0.717, 1.165) is 42.8 Å². The number of aryl methyl sites for hydroxylation is 2. The number of amides is 3. The fourth-order valence-electron chi connectivity index (χ4n) is 3.77. The van der Waals surface area contributed by atoms with Crippen LogP contribution in [0.15, 0.2) is 24.3 Å². The molecule has 1 fully saturated rings. The van der Waals surface area contributed by atoms with Crippen molar-refractivity contribution in [2.24, 2.45) is 0 Å². The first-order chi connectivity index (χ1) is 14.4. The molecule has 0 atom stereocenters. The maximum absolute atomic E-state index is 12.9. The van der Waals surface area contributed by atoms with Gasteiger partial charge in [-0.05, 0) is 52.2 Å². The number of likely N-dealkylation sites (tertiary alicyclic amines) is 1. The summed E-state index contributed by atoms with van der Waals surface area (Å²) in [6, 6.07) is 6.80. The predicted molar refractivity (Wildman–Crippen MR) is 114 cm³/mol. The molecule has 3 rings (SSSR count). The SMILES string of the molecule is CCn1nc(C)c(CNC(=O)C(=O)Nc2ccccc2C(=O)N2CCCCC2)c1C. The number of anilines is 1. The molecule has 2 aromatic rings. The fraction of sp³-hybridized carbons (Fsp3) is 0.455. The second kappa shape index (κ2) is 9.56. The highest BCUT2D eigenvalue weighted by atomic mass is 16.2. The largest absolute Gasteiger partial charge is 0.344 e. The summed E-state index contributed by atoms with van der Waals surface area (Å²) in [5.74, 6) is -1.67. The van der Waals surface area contributed by atoms with Crippen molar-refractivity contribution >= 4 is 23.4 Å². The smallest absolute Gasteiger partial charge is 0.313 e. The molecule has 1 aliphatic heterocycles. The molecule has 8 heteroatoms. The molecule has 8 nitrogen and oxygen atoms in total. The van der Waals surface area contributed by atoms with Crippen LogP contribution in [0.2, 0.25) is 0 Å². The monoisotopic (exact) mass is 411 g/mol. The van der Waals surface area contributed by atoms with E-state index in [0.29, 0.717) is 24.3 Å². The molecule has 1 saturated heterocycles. The maximum Gasteiger partial charge on any atom is 0.313 e. The summed E-state index contributed by atoms with van der Waals surface area (Å²) in [6.07, 6.45) is 3.09. The number of hydrogen-bond donors (Lipinski definition) is 2. The van der Waals surface area contributed by atoms with Gasteiger partial charge < -0.3 is 15.5 Å². The number of aromatic nitrogens is 2. The van der Waals surface area contributed by atoms with Gasteiger partial charge in [-0.25, -0.2) is 0 Å². The number of benzene rings is 1. The summed E-state index contributed by atoms with van der Waals surface area (Å²) in [4.78, 5) is 39.5. The summed E-state index contributed by atoms with van der Waals surface area (Å²) < 4.78 is 1.86. The molecule has 2 heterocycles.